The van der Waals surface area contributed by atoms with Gasteiger partial charge in [0.1, 0.15) is 0 Å². The van der Waals surface area contributed by atoms with E-state index in [0.717, 1.165) is 19.0 Å². The van der Waals surface area contributed by atoms with Crippen LogP contribution in [0.3, 0.4) is 0 Å². The van der Waals surface area contributed by atoms with E-state index < -0.39 is 0 Å². The summed E-state index contributed by atoms with van der Waals surface area (Å²) in [7, 11) is 0. The lowest BCUT2D eigenvalue weighted by Crippen LogP contribution is -2.63. The summed E-state index contributed by atoms with van der Waals surface area (Å²) in [4.78, 5) is 2.70. The van der Waals surface area contributed by atoms with Crippen molar-refractivity contribution in [2.75, 3.05) is 13.1 Å². The smallest absolute Gasteiger partial charge is 0.0309 e. The second-order valence-corrected chi connectivity index (χ2v) is 6.53. The summed E-state index contributed by atoms with van der Waals surface area (Å²) in [5.41, 5.74) is 1.79. The Kier molecular flexibility index (Phi) is 3.64. The summed E-state index contributed by atoms with van der Waals surface area (Å²) < 4.78 is 0. The molecule has 2 fully saturated rings. The highest BCUT2D eigenvalue weighted by Crippen LogP contribution is 2.41. The van der Waals surface area contributed by atoms with E-state index >= 15 is 0 Å². The number of nitrogens with zero attached hydrogens (tertiary/aromatic N) is 1. The molecule has 1 aromatic carbocycles. The Morgan fingerprint density at radius 1 is 1.26 bits per heavy atom. The van der Waals surface area contributed by atoms with Crippen LogP contribution in [-0.4, -0.2) is 29.6 Å². The van der Waals surface area contributed by atoms with Crippen LogP contribution in [0.1, 0.15) is 38.7 Å². The molecule has 0 amide bonds. The van der Waals surface area contributed by atoms with Crippen LogP contribution in [0.2, 0.25) is 0 Å². The normalized spacial score (nSPS) is 32.4. The molecule has 1 heterocycles. The maximum atomic E-state index is 3.83. The second-order valence-electron chi connectivity index (χ2n) is 6.53. The van der Waals surface area contributed by atoms with Gasteiger partial charge in [-0.25, -0.2) is 0 Å². The molecule has 2 heteroatoms. The van der Waals surface area contributed by atoms with Crippen molar-refractivity contribution >= 4 is 0 Å². The van der Waals surface area contributed by atoms with E-state index in [1.165, 1.54) is 31.4 Å². The van der Waals surface area contributed by atoms with Gasteiger partial charge in [0.05, 0.1) is 0 Å². The van der Waals surface area contributed by atoms with Crippen LogP contribution in [0, 0.1) is 5.92 Å². The molecule has 2 atom stereocenters. The van der Waals surface area contributed by atoms with E-state index in [0.29, 0.717) is 11.6 Å². The van der Waals surface area contributed by atoms with Crippen LogP contribution >= 0.6 is 0 Å². The molecule has 1 aliphatic heterocycles. The van der Waals surface area contributed by atoms with Crippen LogP contribution in [0.5, 0.6) is 0 Å². The van der Waals surface area contributed by atoms with Gasteiger partial charge < -0.3 is 5.32 Å². The fourth-order valence-corrected chi connectivity index (χ4v) is 3.49. The predicted molar refractivity (Wildman–Crippen MR) is 80.1 cm³/mol. The molecule has 104 valence electrons. The molecular weight excluding hydrogens is 232 g/mol. The lowest BCUT2D eigenvalue weighted by molar-refractivity contribution is 0.0666. The van der Waals surface area contributed by atoms with Gasteiger partial charge in [-0.3, -0.25) is 4.90 Å². The van der Waals surface area contributed by atoms with Gasteiger partial charge in [-0.05, 0) is 37.7 Å². The zero-order valence-electron chi connectivity index (χ0n) is 12.2. The third-order valence-corrected chi connectivity index (χ3v) is 4.97. The van der Waals surface area contributed by atoms with Gasteiger partial charge in [-0.15, -0.1) is 0 Å². The second kappa shape index (κ2) is 5.26. The zero-order chi connectivity index (χ0) is 13.3. The van der Waals surface area contributed by atoms with Gasteiger partial charge >= 0.3 is 0 Å². The van der Waals surface area contributed by atoms with Crippen molar-refractivity contribution in [3.63, 3.8) is 0 Å². The van der Waals surface area contributed by atoms with E-state index in [-0.39, 0.29) is 0 Å². The first-order valence-corrected chi connectivity index (χ1v) is 7.74. The first-order chi connectivity index (χ1) is 9.21. The van der Waals surface area contributed by atoms with Crippen molar-refractivity contribution in [1.29, 1.82) is 0 Å². The van der Waals surface area contributed by atoms with Crippen LogP contribution in [0.25, 0.3) is 0 Å². The summed E-state index contributed by atoms with van der Waals surface area (Å²) in [6.07, 6.45) is 4.07. The number of benzene rings is 1. The van der Waals surface area contributed by atoms with Gasteiger partial charge in [-0.2, -0.15) is 0 Å². The third kappa shape index (κ3) is 2.85. The van der Waals surface area contributed by atoms with Crippen molar-refractivity contribution in [3.8, 4) is 0 Å². The van der Waals surface area contributed by atoms with Gasteiger partial charge in [0, 0.05) is 31.2 Å². The SMILES string of the molecule is CCC1CNC(C)(C2CC2)CN1Cc1ccccc1. The van der Waals surface area contributed by atoms with Gasteiger partial charge in [0.2, 0.25) is 0 Å². The number of rotatable bonds is 4. The lowest BCUT2D eigenvalue weighted by Gasteiger charge is -2.46. The third-order valence-electron chi connectivity index (χ3n) is 4.97. The average Bonchev–Trinajstić information content (AvgIpc) is 3.25. The fourth-order valence-electron chi connectivity index (χ4n) is 3.49. The minimum atomic E-state index is 0.348. The molecule has 1 saturated heterocycles. The zero-order valence-corrected chi connectivity index (χ0v) is 12.2. The van der Waals surface area contributed by atoms with Crippen LogP contribution < -0.4 is 5.32 Å². The molecule has 2 aliphatic rings. The quantitative estimate of drug-likeness (QED) is 0.893. The Labute approximate surface area is 117 Å². The molecule has 1 aliphatic carbocycles. The van der Waals surface area contributed by atoms with Crippen molar-refractivity contribution in [2.45, 2.75) is 51.2 Å². The molecule has 2 nitrogen and oxygen atoms in total. The predicted octanol–water partition coefficient (Wildman–Crippen LogP) is 3.04. The first-order valence-electron chi connectivity index (χ1n) is 7.74. The summed E-state index contributed by atoms with van der Waals surface area (Å²) in [6, 6.07) is 11.6. The monoisotopic (exact) mass is 258 g/mol. The maximum absolute atomic E-state index is 3.83. The van der Waals surface area contributed by atoms with Crippen molar-refractivity contribution in [2.24, 2.45) is 5.92 Å². The summed E-state index contributed by atoms with van der Waals surface area (Å²) in [5, 5.41) is 3.83. The lowest BCUT2D eigenvalue weighted by atomic mass is 9.90. The topological polar surface area (TPSA) is 15.3 Å². The van der Waals surface area contributed by atoms with Crippen molar-refractivity contribution < 1.29 is 0 Å². The van der Waals surface area contributed by atoms with E-state index in [2.05, 4.69) is 54.4 Å². The minimum Gasteiger partial charge on any atom is -0.308 e. The number of nitrogens with one attached hydrogen (secondary N) is 1. The van der Waals surface area contributed by atoms with Crippen LogP contribution in [-0.2, 0) is 6.54 Å². The van der Waals surface area contributed by atoms with Crippen LogP contribution in [0.15, 0.2) is 30.3 Å². The number of hydrogen-bond donors (Lipinski definition) is 1. The summed E-state index contributed by atoms with van der Waals surface area (Å²) in [6.45, 7) is 8.18. The minimum absolute atomic E-state index is 0.348. The Balaban J connectivity index is 1.72. The van der Waals surface area contributed by atoms with E-state index in [1.54, 1.807) is 0 Å². The highest BCUT2D eigenvalue weighted by molar-refractivity contribution is 5.15. The standard InChI is InChI=1S/C17H26N2/c1-3-16-11-18-17(2,15-9-10-15)13-19(16)12-14-7-5-4-6-8-14/h4-8,15-16,18H,3,9-13H2,1-2H3. The largest absolute Gasteiger partial charge is 0.308 e. The van der Waals surface area contributed by atoms with Gasteiger partial charge in [-0.1, -0.05) is 37.3 Å². The van der Waals surface area contributed by atoms with Gasteiger partial charge in [0.25, 0.3) is 0 Å². The molecule has 0 bridgehead atoms. The van der Waals surface area contributed by atoms with Gasteiger partial charge in [0.15, 0.2) is 0 Å². The maximum Gasteiger partial charge on any atom is 0.0309 e. The van der Waals surface area contributed by atoms with Crippen molar-refractivity contribution in [1.82, 2.24) is 10.2 Å². The van der Waals surface area contributed by atoms with E-state index in [4.69, 9.17) is 0 Å². The molecule has 19 heavy (non-hydrogen) atoms. The Bertz CT molecular complexity index is 413. The number of piperazine rings is 1. The average molecular weight is 258 g/mol. The molecular formula is C17H26N2. The highest BCUT2D eigenvalue weighted by Gasteiger charge is 2.45. The Hall–Kier alpha value is -0.860. The first kappa shape index (κ1) is 13.1. The van der Waals surface area contributed by atoms with Crippen LogP contribution in [0.4, 0.5) is 0 Å². The van der Waals surface area contributed by atoms with E-state index in [9.17, 15) is 0 Å². The molecule has 1 N–H and O–H groups in total. The van der Waals surface area contributed by atoms with E-state index in [1.807, 2.05) is 0 Å². The summed E-state index contributed by atoms with van der Waals surface area (Å²) in [5.74, 6) is 0.906. The number of hydrogen-bond acceptors (Lipinski definition) is 2. The fraction of sp³-hybridized carbons (Fsp3) is 0.647. The molecule has 1 aromatic rings. The molecule has 0 aromatic heterocycles. The Morgan fingerprint density at radius 2 is 2.00 bits per heavy atom. The summed E-state index contributed by atoms with van der Waals surface area (Å²) >= 11 is 0. The molecule has 0 spiro atoms. The molecule has 3 rings (SSSR count). The Morgan fingerprint density at radius 3 is 2.63 bits per heavy atom. The molecule has 2 unspecified atom stereocenters. The molecule has 1 saturated carbocycles. The van der Waals surface area contributed by atoms with Crippen molar-refractivity contribution in [3.05, 3.63) is 35.9 Å². The highest BCUT2D eigenvalue weighted by atomic mass is 15.3. The molecule has 0 radical (unpaired) electrons.